The van der Waals surface area contributed by atoms with Gasteiger partial charge in [0.05, 0.1) is 29.6 Å². The zero-order valence-corrected chi connectivity index (χ0v) is 20.5. The number of hydrogen-bond donors (Lipinski definition) is 0. The predicted molar refractivity (Wildman–Crippen MR) is 132 cm³/mol. The maximum Gasteiger partial charge on any atom is 0.266 e. The van der Waals surface area contributed by atoms with Gasteiger partial charge in [-0.2, -0.15) is 5.10 Å². The fraction of sp³-hybridized carbons (Fsp3) is 0.292. The molecule has 0 aliphatic heterocycles. The maximum atomic E-state index is 13.3. The molecule has 172 valence electrons. The van der Waals surface area contributed by atoms with Crippen molar-refractivity contribution < 1.29 is 14.3 Å². The van der Waals surface area contributed by atoms with Crippen molar-refractivity contribution in [2.75, 3.05) is 25.2 Å². The molecule has 9 heteroatoms. The number of halogens is 1. The molecule has 4 rings (SSSR count). The predicted octanol–water partition coefficient (Wildman–Crippen LogP) is 5.19. The number of nitrogens with zero attached hydrogens (tertiary/aromatic N) is 4. The number of amides is 1. The number of aromatic nitrogens is 3. The highest BCUT2D eigenvalue weighted by Crippen LogP contribution is 2.33. The third kappa shape index (κ3) is 5.29. The van der Waals surface area contributed by atoms with Crippen LogP contribution in [0.5, 0.6) is 11.5 Å². The molecular weight excluding hydrogens is 460 g/mol. The van der Waals surface area contributed by atoms with E-state index in [1.54, 1.807) is 36.3 Å². The fourth-order valence-electron chi connectivity index (χ4n) is 3.58. The Balaban J connectivity index is 1.57. The molecule has 4 aromatic rings. The minimum absolute atomic E-state index is 0.112. The Hall–Kier alpha value is -3.10. The molecule has 0 radical (unpaired) electrons. The number of carbonyl (C=O) groups is 1. The molecule has 7 nitrogen and oxygen atoms in total. The molecule has 0 spiro atoms. The Morgan fingerprint density at radius 1 is 1.12 bits per heavy atom. The normalized spacial score (nSPS) is 11.1. The summed E-state index contributed by atoms with van der Waals surface area (Å²) in [6.45, 7) is 6.77. The summed E-state index contributed by atoms with van der Waals surface area (Å²) in [4.78, 5) is 19.7. The van der Waals surface area contributed by atoms with Crippen LogP contribution in [0.4, 0.5) is 5.13 Å². The number of benzene rings is 2. The zero-order chi connectivity index (χ0) is 23.5. The first-order valence-electron chi connectivity index (χ1n) is 10.5. The quantitative estimate of drug-likeness (QED) is 0.344. The highest BCUT2D eigenvalue weighted by Gasteiger charge is 2.22. The van der Waals surface area contributed by atoms with Crippen LogP contribution in [-0.2, 0) is 11.3 Å². The lowest BCUT2D eigenvalue weighted by atomic mass is 10.2. The van der Waals surface area contributed by atoms with E-state index in [-0.39, 0.29) is 12.5 Å². The molecule has 0 saturated carbocycles. The lowest BCUT2D eigenvalue weighted by Crippen LogP contribution is -2.37. The van der Waals surface area contributed by atoms with Gasteiger partial charge in [-0.3, -0.25) is 14.4 Å². The van der Waals surface area contributed by atoms with Crippen molar-refractivity contribution in [3.8, 4) is 11.5 Å². The summed E-state index contributed by atoms with van der Waals surface area (Å²) in [6.07, 6.45) is 0. The van der Waals surface area contributed by atoms with Crippen LogP contribution in [0.25, 0.3) is 10.2 Å². The summed E-state index contributed by atoms with van der Waals surface area (Å²) in [5.41, 5.74) is 3.81. The average molecular weight is 485 g/mol. The van der Waals surface area contributed by atoms with Crippen LogP contribution in [-0.4, -0.2) is 40.9 Å². The first-order valence-corrected chi connectivity index (χ1v) is 11.7. The van der Waals surface area contributed by atoms with Crippen molar-refractivity contribution in [3.63, 3.8) is 0 Å². The highest BCUT2D eigenvalue weighted by molar-refractivity contribution is 7.22. The Labute approximate surface area is 201 Å². The van der Waals surface area contributed by atoms with Gasteiger partial charge in [0.1, 0.15) is 11.5 Å². The van der Waals surface area contributed by atoms with Gasteiger partial charge in [0.15, 0.2) is 11.7 Å². The van der Waals surface area contributed by atoms with E-state index in [0.717, 1.165) is 32.9 Å². The van der Waals surface area contributed by atoms with Crippen molar-refractivity contribution >= 4 is 44.2 Å². The molecule has 2 aromatic carbocycles. The number of fused-ring (bicyclic) bond motifs is 1. The molecule has 0 aliphatic carbocycles. The largest absolute Gasteiger partial charge is 0.497 e. The van der Waals surface area contributed by atoms with Gasteiger partial charge < -0.3 is 9.47 Å². The summed E-state index contributed by atoms with van der Waals surface area (Å²) in [5, 5.41) is 5.78. The standard InChI is InChI=1S/C24H25ClN4O3S/c1-15-11-18(25)13-21-23(15)26-24(33-21)28(9-10-29-17(3)12-16(2)27-29)22(30)14-32-20-7-5-19(31-4)6-8-20/h5-8,11-13H,9-10,14H2,1-4H3. The molecule has 0 fully saturated rings. The van der Waals surface area contributed by atoms with Gasteiger partial charge in [0.25, 0.3) is 5.91 Å². The van der Waals surface area contributed by atoms with E-state index in [1.807, 2.05) is 43.7 Å². The lowest BCUT2D eigenvalue weighted by molar-refractivity contribution is -0.120. The lowest BCUT2D eigenvalue weighted by Gasteiger charge is -2.20. The van der Waals surface area contributed by atoms with Crippen LogP contribution in [0.2, 0.25) is 5.02 Å². The van der Waals surface area contributed by atoms with Gasteiger partial charge >= 0.3 is 0 Å². The smallest absolute Gasteiger partial charge is 0.266 e. The molecule has 1 amide bonds. The van der Waals surface area contributed by atoms with Crippen LogP contribution in [0.3, 0.4) is 0 Å². The number of aryl methyl sites for hydroxylation is 3. The third-order valence-electron chi connectivity index (χ3n) is 5.23. The van der Waals surface area contributed by atoms with Gasteiger partial charge in [-0.15, -0.1) is 0 Å². The highest BCUT2D eigenvalue weighted by atomic mass is 35.5. The van der Waals surface area contributed by atoms with E-state index >= 15 is 0 Å². The van der Waals surface area contributed by atoms with Gasteiger partial charge in [-0.05, 0) is 68.8 Å². The second kappa shape index (κ2) is 9.80. The Morgan fingerprint density at radius 3 is 2.52 bits per heavy atom. The summed E-state index contributed by atoms with van der Waals surface area (Å²) >= 11 is 7.67. The third-order valence-corrected chi connectivity index (χ3v) is 6.48. The molecule has 0 saturated heterocycles. The van der Waals surface area contributed by atoms with Gasteiger partial charge in [-0.1, -0.05) is 22.9 Å². The van der Waals surface area contributed by atoms with Crippen molar-refractivity contribution in [2.24, 2.45) is 0 Å². The van der Waals surface area contributed by atoms with Crippen molar-refractivity contribution in [3.05, 3.63) is 64.4 Å². The SMILES string of the molecule is COc1ccc(OCC(=O)N(CCn2nc(C)cc2C)c2nc3c(C)cc(Cl)cc3s2)cc1. The van der Waals surface area contributed by atoms with E-state index in [9.17, 15) is 4.79 Å². The minimum atomic E-state index is -0.185. The van der Waals surface area contributed by atoms with Crippen molar-refractivity contribution in [2.45, 2.75) is 27.3 Å². The number of ether oxygens (including phenoxy) is 2. The van der Waals surface area contributed by atoms with Crippen molar-refractivity contribution in [1.82, 2.24) is 14.8 Å². The number of carbonyl (C=O) groups excluding carboxylic acids is 1. The first-order chi connectivity index (χ1) is 15.8. The number of rotatable bonds is 8. The van der Waals surface area contributed by atoms with E-state index in [2.05, 4.69) is 5.10 Å². The van der Waals surface area contributed by atoms with Gasteiger partial charge in [0, 0.05) is 17.3 Å². The Kier molecular flexibility index (Phi) is 6.85. The number of hydrogen-bond acceptors (Lipinski definition) is 6. The van der Waals surface area contributed by atoms with Gasteiger partial charge in [-0.25, -0.2) is 4.98 Å². The Morgan fingerprint density at radius 2 is 1.85 bits per heavy atom. The van der Waals surface area contributed by atoms with Crippen LogP contribution < -0.4 is 14.4 Å². The van der Waals surface area contributed by atoms with Crippen molar-refractivity contribution in [1.29, 1.82) is 0 Å². The fourth-order valence-corrected chi connectivity index (χ4v) is 5.04. The number of methoxy groups -OCH3 is 1. The molecule has 33 heavy (non-hydrogen) atoms. The molecule has 2 aromatic heterocycles. The zero-order valence-electron chi connectivity index (χ0n) is 19.0. The topological polar surface area (TPSA) is 69.5 Å². The first kappa shape index (κ1) is 23.1. The molecule has 0 unspecified atom stereocenters. The van der Waals surface area contributed by atoms with E-state index in [1.165, 1.54) is 11.3 Å². The summed E-state index contributed by atoms with van der Waals surface area (Å²) < 4.78 is 13.8. The summed E-state index contributed by atoms with van der Waals surface area (Å²) in [6, 6.07) is 12.9. The number of anilines is 1. The molecule has 0 atom stereocenters. The second-order valence-corrected chi connectivity index (χ2v) is 9.17. The van der Waals surface area contributed by atoms with Crippen LogP contribution >= 0.6 is 22.9 Å². The average Bonchev–Trinajstić information content (AvgIpc) is 3.35. The minimum Gasteiger partial charge on any atom is -0.497 e. The summed E-state index contributed by atoms with van der Waals surface area (Å²) in [7, 11) is 1.60. The second-order valence-electron chi connectivity index (χ2n) is 7.73. The number of thiazole rings is 1. The molecule has 0 bridgehead atoms. The van der Waals surface area contributed by atoms with E-state index in [0.29, 0.717) is 29.0 Å². The maximum absolute atomic E-state index is 13.3. The van der Waals surface area contributed by atoms with Crippen LogP contribution in [0, 0.1) is 20.8 Å². The summed E-state index contributed by atoms with van der Waals surface area (Å²) in [5.74, 6) is 1.13. The molecule has 0 aliphatic rings. The monoisotopic (exact) mass is 484 g/mol. The molecule has 0 N–H and O–H groups in total. The van der Waals surface area contributed by atoms with E-state index < -0.39 is 0 Å². The Bertz CT molecular complexity index is 1280. The molecular formula is C24H25ClN4O3S. The molecule has 2 heterocycles. The van der Waals surface area contributed by atoms with E-state index in [4.69, 9.17) is 26.1 Å². The van der Waals surface area contributed by atoms with Crippen LogP contribution in [0.15, 0.2) is 42.5 Å². The van der Waals surface area contributed by atoms with Crippen LogP contribution in [0.1, 0.15) is 17.0 Å². The van der Waals surface area contributed by atoms with Gasteiger partial charge in [0.2, 0.25) is 0 Å².